The first-order valence-electron chi connectivity index (χ1n) is 4.79. The van der Waals surface area contributed by atoms with Crippen LogP contribution in [0.4, 0.5) is 0 Å². The Kier molecular flexibility index (Phi) is 3.10. The highest BCUT2D eigenvalue weighted by Crippen LogP contribution is 2.05. The van der Waals surface area contributed by atoms with Gasteiger partial charge in [-0.05, 0) is 26.7 Å². The zero-order valence-corrected chi connectivity index (χ0v) is 8.59. The molecular weight excluding hydrogens is 182 g/mol. The monoisotopic (exact) mass is 199 g/mol. The van der Waals surface area contributed by atoms with Crippen LogP contribution in [0.25, 0.3) is 0 Å². The fraction of sp³-hybridized carbons (Fsp3) is 0.778. The van der Waals surface area contributed by atoms with Crippen molar-refractivity contribution in [3.05, 3.63) is 0 Å². The van der Waals surface area contributed by atoms with E-state index in [2.05, 4.69) is 10.6 Å². The van der Waals surface area contributed by atoms with Gasteiger partial charge in [-0.15, -0.1) is 0 Å². The van der Waals surface area contributed by atoms with Crippen molar-refractivity contribution in [2.45, 2.75) is 38.3 Å². The van der Waals surface area contributed by atoms with Crippen LogP contribution < -0.4 is 16.4 Å². The number of nitrogens with two attached hydrogens (primary N) is 1. The van der Waals surface area contributed by atoms with E-state index in [-0.39, 0.29) is 11.8 Å². The van der Waals surface area contributed by atoms with Crippen molar-refractivity contribution in [2.75, 3.05) is 6.54 Å². The maximum atomic E-state index is 11.5. The molecule has 0 aromatic rings. The Morgan fingerprint density at radius 2 is 2.29 bits per heavy atom. The van der Waals surface area contributed by atoms with Crippen LogP contribution in [0.15, 0.2) is 0 Å². The fourth-order valence-corrected chi connectivity index (χ4v) is 1.25. The molecule has 80 valence electrons. The lowest BCUT2D eigenvalue weighted by Gasteiger charge is -2.26. The number of nitrogens with one attached hydrogen (secondary N) is 2. The summed E-state index contributed by atoms with van der Waals surface area (Å²) in [5.41, 5.74) is 4.67. The minimum Gasteiger partial charge on any atom is -0.354 e. The standard InChI is InChI=1S/C9H17N3O2/c1-9(2,10)8(14)12-6-4-3-5-11-7(6)13/h6H,3-5,10H2,1-2H3,(H,11,13)(H,12,14). The lowest BCUT2D eigenvalue weighted by Crippen LogP contribution is -2.57. The van der Waals surface area contributed by atoms with E-state index < -0.39 is 11.6 Å². The molecule has 0 aliphatic carbocycles. The summed E-state index contributed by atoms with van der Waals surface area (Å²) >= 11 is 0. The van der Waals surface area contributed by atoms with Gasteiger partial charge in [0.1, 0.15) is 6.04 Å². The molecule has 1 fully saturated rings. The minimum atomic E-state index is -0.933. The second-order valence-corrected chi connectivity index (χ2v) is 4.18. The molecule has 1 rings (SSSR count). The van der Waals surface area contributed by atoms with E-state index in [1.54, 1.807) is 13.8 Å². The van der Waals surface area contributed by atoms with Crippen molar-refractivity contribution in [1.82, 2.24) is 10.6 Å². The molecule has 4 N–H and O–H groups in total. The predicted octanol–water partition coefficient (Wildman–Crippen LogP) is -0.881. The van der Waals surface area contributed by atoms with E-state index >= 15 is 0 Å². The summed E-state index contributed by atoms with van der Waals surface area (Å²) in [5.74, 6) is -0.409. The van der Waals surface area contributed by atoms with E-state index in [9.17, 15) is 9.59 Å². The van der Waals surface area contributed by atoms with Crippen LogP contribution in [0.3, 0.4) is 0 Å². The van der Waals surface area contributed by atoms with Crippen LogP contribution in [-0.2, 0) is 9.59 Å². The van der Waals surface area contributed by atoms with Crippen molar-refractivity contribution < 1.29 is 9.59 Å². The number of hydrogen-bond acceptors (Lipinski definition) is 3. The maximum absolute atomic E-state index is 11.5. The number of hydrogen-bond donors (Lipinski definition) is 3. The van der Waals surface area contributed by atoms with Gasteiger partial charge in [0.25, 0.3) is 0 Å². The van der Waals surface area contributed by atoms with Crippen LogP contribution in [0, 0.1) is 0 Å². The van der Waals surface area contributed by atoms with Crippen molar-refractivity contribution in [3.8, 4) is 0 Å². The first-order chi connectivity index (χ1) is 6.41. The normalized spacial score (nSPS) is 22.8. The van der Waals surface area contributed by atoms with Gasteiger partial charge in [0.05, 0.1) is 5.54 Å². The van der Waals surface area contributed by atoms with Crippen LogP contribution in [0.5, 0.6) is 0 Å². The van der Waals surface area contributed by atoms with Gasteiger partial charge in [0.2, 0.25) is 11.8 Å². The molecule has 0 radical (unpaired) electrons. The number of carbonyl (C=O) groups excluding carboxylic acids is 2. The second kappa shape index (κ2) is 3.96. The van der Waals surface area contributed by atoms with Gasteiger partial charge in [-0.2, -0.15) is 0 Å². The van der Waals surface area contributed by atoms with Gasteiger partial charge in [0.15, 0.2) is 0 Å². The Hall–Kier alpha value is -1.10. The minimum absolute atomic E-state index is 0.117. The van der Waals surface area contributed by atoms with Gasteiger partial charge >= 0.3 is 0 Å². The third kappa shape index (κ3) is 2.70. The lowest BCUT2D eigenvalue weighted by atomic mass is 10.0. The molecule has 1 atom stereocenters. The quantitative estimate of drug-likeness (QED) is 0.540. The van der Waals surface area contributed by atoms with Crippen LogP contribution in [0.1, 0.15) is 26.7 Å². The topological polar surface area (TPSA) is 84.2 Å². The van der Waals surface area contributed by atoms with Crippen LogP contribution in [-0.4, -0.2) is 29.9 Å². The summed E-state index contributed by atoms with van der Waals surface area (Å²) in [6, 6.07) is -0.418. The average molecular weight is 199 g/mol. The number of rotatable bonds is 2. The Labute approximate surface area is 83.4 Å². The summed E-state index contributed by atoms with van der Waals surface area (Å²) in [6.45, 7) is 3.92. The first kappa shape index (κ1) is 11.0. The zero-order valence-electron chi connectivity index (χ0n) is 8.59. The molecule has 0 spiro atoms. The Morgan fingerprint density at radius 3 is 2.79 bits per heavy atom. The number of piperidine rings is 1. The van der Waals surface area contributed by atoms with Gasteiger partial charge in [-0.25, -0.2) is 0 Å². The fourth-order valence-electron chi connectivity index (χ4n) is 1.25. The highest BCUT2D eigenvalue weighted by Gasteiger charge is 2.29. The van der Waals surface area contributed by atoms with E-state index in [0.29, 0.717) is 13.0 Å². The van der Waals surface area contributed by atoms with Crippen LogP contribution in [0.2, 0.25) is 0 Å². The van der Waals surface area contributed by atoms with Crippen molar-refractivity contribution in [2.24, 2.45) is 5.73 Å². The summed E-state index contributed by atoms with van der Waals surface area (Å²) in [7, 11) is 0. The molecule has 1 aliphatic rings. The molecule has 0 aromatic carbocycles. The number of carbonyl (C=O) groups is 2. The summed E-state index contributed by atoms with van der Waals surface area (Å²) in [5, 5.41) is 5.33. The lowest BCUT2D eigenvalue weighted by molar-refractivity contribution is -0.132. The highest BCUT2D eigenvalue weighted by atomic mass is 16.2. The maximum Gasteiger partial charge on any atom is 0.242 e. The van der Waals surface area contributed by atoms with Gasteiger partial charge in [-0.3, -0.25) is 9.59 Å². The molecule has 1 aliphatic heterocycles. The molecule has 5 nitrogen and oxygen atoms in total. The number of amides is 2. The van der Waals surface area contributed by atoms with Crippen molar-refractivity contribution in [1.29, 1.82) is 0 Å². The molecule has 5 heteroatoms. The van der Waals surface area contributed by atoms with Gasteiger partial charge in [0, 0.05) is 6.54 Å². The van der Waals surface area contributed by atoms with E-state index in [0.717, 1.165) is 6.42 Å². The molecule has 0 bridgehead atoms. The predicted molar refractivity (Wildman–Crippen MR) is 52.4 cm³/mol. The van der Waals surface area contributed by atoms with Crippen molar-refractivity contribution in [3.63, 3.8) is 0 Å². The smallest absolute Gasteiger partial charge is 0.242 e. The largest absolute Gasteiger partial charge is 0.354 e. The Balaban J connectivity index is 2.51. The summed E-state index contributed by atoms with van der Waals surface area (Å²) < 4.78 is 0. The van der Waals surface area contributed by atoms with Gasteiger partial charge < -0.3 is 16.4 Å². The second-order valence-electron chi connectivity index (χ2n) is 4.18. The molecule has 0 saturated carbocycles. The SMILES string of the molecule is CC(C)(N)C(=O)NC1CCCNC1=O. The molecule has 2 amide bonds. The molecule has 1 heterocycles. The molecule has 1 saturated heterocycles. The molecule has 0 aromatic heterocycles. The first-order valence-corrected chi connectivity index (χ1v) is 4.79. The Morgan fingerprint density at radius 1 is 1.64 bits per heavy atom. The van der Waals surface area contributed by atoms with Crippen LogP contribution >= 0.6 is 0 Å². The van der Waals surface area contributed by atoms with Gasteiger partial charge in [-0.1, -0.05) is 0 Å². The third-order valence-corrected chi connectivity index (χ3v) is 2.18. The van der Waals surface area contributed by atoms with E-state index in [1.165, 1.54) is 0 Å². The van der Waals surface area contributed by atoms with E-state index in [4.69, 9.17) is 5.73 Å². The average Bonchev–Trinajstić information content (AvgIpc) is 2.07. The Bertz CT molecular complexity index is 245. The molecule has 14 heavy (non-hydrogen) atoms. The molecule has 1 unspecified atom stereocenters. The highest BCUT2D eigenvalue weighted by molar-refractivity contribution is 5.91. The van der Waals surface area contributed by atoms with E-state index in [1.807, 2.05) is 0 Å². The third-order valence-electron chi connectivity index (χ3n) is 2.18. The summed E-state index contributed by atoms with van der Waals surface area (Å²) in [6.07, 6.45) is 1.58. The zero-order chi connectivity index (χ0) is 10.8. The molecular formula is C9H17N3O2. The van der Waals surface area contributed by atoms with Crippen molar-refractivity contribution >= 4 is 11.8 Å². The summed E-state index contributed by atoms with van der Waals surface area (Å²) in [4.78, 5) is 22.8.